The number of fused-ring (bicyclic) bond motifs is 1. The molecule has 5 aromatic rings. The summed E-state index contributed by atoms with van der Waals surface area (Å²) in [5, 5.41) is 1.13. The third-order valence-corrected chi connectivity index (χ3v) is 6.06. The quantitative estimate of drug-likeness (QED) is 0.282. The molecule has 0 aliphatic carbocycles. The van der Waals surface area contributed by atoms with E-state index in [2.05, 4.69) is 52.1 Å². The van der Waals surface area contributed by atoms with Gasteiger partial charge in [0.05, 0.1) is 26.5 Å². The molecule has 5 heteroatoms. The number of aromatic nitrogens is 2. The second-order valence-electron chi connectivity index (χ2n) is 8.30. The summed E-state index contributed by atoms with van der Waals surface area (Å²) in [7, 11) is 3.30. The fourth-order valence-electron chi connectivity index (χ4n) is 4.25. The minimum absolute atomic E-state index is 0.273. The number of hydrogen-bond donors (Lipinski definition) is 0. The van der Waals surface area contributed by atoms with E-state index in [-0.39, 0.29) is 5.82 Å². The van der Waals surface area contributed by atoms with E-state index < -0.39 is 0 Å². The number of nitrogens with zero attached hydrogens (tertiary/aromatic N) is 2. The summed E-state index contributed by atoms with van der Waals surface area (Å²) >= 11 is 0. The summed E-state index contributed by atoms with van der Waals surface area (Å²) in [6, 6.07) is 22.9. The van der Waals surface area contributed by atoms with Crippen LogP contribution in [0.15, 0.2) is 85.2 Å². The highest BCUT2D eigenvalue weighted by molar-refractivity contribution is 5.89. The minimum atomic E-state index is -0.273. The molecule has 2 heterocycles. The van der Waals surface area contributed by atoms with E-state index in [9.17, 15) is 4.39 Å². The van der Waals surface area contributed by atoms with Gasteiger partial charge in [0.15, 0.2) is 0 Å². The molecule has 2 aromatic heterocycles. The van der Waals surface area contributed by atoms with Crippen LogP contribution in [-0.4, -0.2) is 23.8 Å². The summed E-state index contributed by atoms with van der Waals surface area (Å²) < 4.78 is 27.1. The van der Waals surface area contributed by atoms with E-state index >= 15 is 0 Å². The number of rotatable bonds is 6. The predicted octanol–water partition coefficient (Wildman–Crippen LogP) is 6.88. The number of aryl methyl sites for hydroxylation is 1. The number of methoxy groups -OCH3 is 2. The van der Waals surface area contributed by atoms with Crippen LogP contribution in [0.4, 0.5) is 4.39 Å². The highest BCUT2D eigenvalue weighted by Gasteiger charge is 2.15. The molecule has 0 amide bonds. The van der Waals surface area contributed by atoms with Crippen LogP contribution >= 0.6 is 0 Å². The van der Waals surface area contributed by atoms with Gasteiger partial charge in [-0.2, -0.15) is 0 Å². The van der Waals surface area contributed by atoms with Crippen molar-refractivity contribution in [3.63, 3.8) is 0 Å². The Balaban J connectivity index is 1.53. The average Bonchev–Trinajstić information content (AvgIpc) is 3.27. The highest BCUT2D eigenvalue weighted by atomic mass is 19.1. The van der Waals surface area contributed by atoms with Crippen LogP contribution in [0.1, 0.15) is 11.3 Å². The first-order valence-electron chi connectivity index (χ1n) is 11.1. The zero-order valence-corrected chi connectivity index (χ0v) is 19.4. The van der Waals surface area contributed by atoms with Gasteiger partial charge in [0.1, 0.15) is 17.3 Å². The second kappa shape index (κ2) is 9.02. The molecule has 0 N–H and O–H groups in total. The molecule has 0 unspecified atom stereocenters. The first kappa shape index (κ1) is 21.7. The van der Waals surface area contributed by atoms with Gasteiger partial charge in [-0.15, -0.1) is 0 Å². The molecule has 0 bridgehead atoms. The van der Waals surface area contributed by atoms with Crippen molar-refractivity contribution in [2.24, 2.45) is 0 Å². The number of hydrogen-bond acceptors (Lipinski definition) is 3. The minimum Gasteiger partial charge on any atom is -0.496 e. The summed E-state index contributed by atoms with van der Waals surface area (Å²) in [5.74, 6) is 1.15. The van der Waals surface area contributed by atoms with Crippen LogP contribution in [0.25, 0.3) is 33.2 Å². The topological polar surface area (TPSA) is 36.3 Å². The van der Waals surface area contributed by atoms with Crippen LogP contribution in [0.3, 0.4) is 0 Å². The number of halogens is 1. The van der Waals surface area contributed by atoms with Crippen LogP contribution in [0.2, 0.25) is 0 Å². The van der Waals surface area contributed by atoms with Gasteiger partial charge in [-0.1, -0.05) is 24.3 Å². The van der Waals surface area contributed by atoms with Crippen LogP contribution in [-0.2, 0) is 6.54 Å². The van der Waals surface area contributed by atoms with E-state index in [0.717, 1.165) is 50.2 Å². The van der Waals surface area contributed by atoms with Crippen molar-refractivity contribution in [1.82, 2.24) is 9.55 Å². The number of ether oxygens (including phenoxy) is 2. The number of benzene rings is 3. The largest absolute Gasteiger partial charge is 0.496 e. The standard InChI is InChI=1S/C29H25FN2O2/c1-19-4-10-24(31-17-19)18-32-13-12-22-14-21(7-11-27(22)32)26-16-28(33-2)25(15-29(26)34-3)20-5-8-23(30)9-6-20/h4-17H,18H2,1-3H3. The van der Waals surface area contributed by atoms with Crippen molar-refractivity contribution in [2.45, 2.75) is 13.5 Å². The molecule has 3 aromatic carbocycles. The Morgan fingerprint density at radius 3 is 2.12 bits per heavy atom. The Bertz CT molecular complexity index is 1450. The summed E-state index contributed by atoms with van der Waals surface area (Å²) in [6.45, 7) is 2.76. The molecule has 0 radical (unpaired) electrons. The molecule has 0 aliphatic heterocycles. The Kier molecular flexibility index (Phi) is 5.76. The average molecular weight is 453 g/mol. The van der Waals surface area contributed by atoms with E-state index in [1.54, 1.807) is 26.4 Å². The van der Waals surface area contributed by atoms with Gasteiger partial charge in [-0.3, -0.25) is 4.98 Å². The van der Waals surface area contributed by atoms with Gasteiger partial charge < -0.3 is 14.0 Å². The van der Waals surface area contributed by atoms with Crippen LogP contribution in [0.5, 0.6) is 11.5 Å². The molecule has 34 heavy (non-hydrogen) atoms. The summed E-state index contributed by atoms with van der Waals surface area (Å²) in [4.78, 5) is 4.53. The summed E-state index contributed by atoms with van der Waals surface area (Å²) in [6.07, 6.45) is 3.99. The molecular formula is C29H25FN2O2. The Morgan fingerprint density at radius 2 is 1.47 bits per heavy atom. The van der Waals surface area contributed by atoms with Crippen molar-refractivity contribution >= 4 is 10.9 Å². The zero-order chi connectivity index (χ0) is 23.7. The monoisotopic (exact) mass is 452 g/mol. The van der Waals surface area contributed by atoms with Gasteiger partial charge in [-0.25, -0.2) is 4.39 Å². The molecule has 170 valence electrons. The molecule has 0 saturated heterocycles. The highest BCUT2D eigenvalue weighted by Crippen LogP contribution is 2.41. The Hall–Kier alpha value is -4.12. The van der Waals surface area contributed by atoms with E-state index in [1.165, 1.54) is 12.1 Å². The fraction of sp³-hybridized carbons (Fsp3) is 0.138. The van der Waals surface area contributed by atoms with Crippen molar-refractivity contribution in [3.05, 3.63) is 102 Å². The van der Waals surface area contributed by atoms with Crippen LogP contribution in [0, 0.1) is 12.7 Å². The van der Waals surface area contributed by atoms with E-state index in [4.69, 9.17) is 9.47 Å². The molecular weight excluding hydrogens is 427 g/mol. The Labute approximate surface area is 198 Å². The van der Waals surface area contributed by atoms with Gasteiger partial charge in [0.2, 0.25) is 0 Å². The van der Waals surface area contributed by atoms with Crippen molar-refractivity contribution in [2.75, 3.05) is 14.2 Å². The van der Waals surface area contributed by atoms with Crippen LogP contribution < -0.4 is 9.47 Å². The molecule has 0 atom stereocenters. The second-order valence-corrected chi connectivity index (χ2v) is 8.30. The molecule has 0 fully saturated rings. The van der Waals surface area contributed by atoms with Gasteiger partial charge in [0.25, 0.3) is 0 Å². The molecule has 0 spiro atoms. The van der Waals surface area contributed by atoms with Crippen molar-refractivity contribution in [3.8, 4) is 33.8 Å². The third-order valence-electron chi connectivity index (χ3n) is 6.06. The van der Waals surface area contributed by atoms with Gasteiger partial charge >= 0.3 is 0 Å². The maximum Gasteiger partial charge on any atom is 0.127 e. The lowest BCUT2D eigenvalue weighted by Crippen LogP contribution is -2.00. The van der Waals surface area contributed by atoms with Crippen molar-refractivity contribution < 1.29 is 13.9 Å². The van der Waals surface area contributed by atoms with Gasteiger partial charge in [0, 0.05) is 34.4 Å². The van der Waals surface area contributed by atoms with E-state index in [0.29, 0.717) is 12.3 Å². The number of pyridine rings is 1. The first-order chi connectivity index (χ1) is 16.6. The third kappa shape index (κ3) is 4.13. The molecule has 0 saturated carbocycles. The lowest BCUT2D eigenvalue weighted by atomic mass is 9.97. The SMILES string of the molecule is COc1cc(-c2ccc3c(ccn3Cc3ccc(C)cn3)c2)c(OC)cc1-c1ccc(F)cc1. The molecule has 0 aliphatic rings. The maximum absolute atomic E-state index is 13.4. The molecule has 4 nitrogen and oxygen atoms in total. The van der Waals surface area contributed by atoms with Crippen molar-refractivity contribution in [1.29, 1.82) is 0 Å². The summed E-state index contributed by atoms with van der Waals surface area (Å²) in [5.41, 5.74) is 6.98. The lowest BCUT2D eigenvalue weighted by molar-refractivity contribution is 0.406. The fourth-order valence-corrected chi connectivity index (χ4v) is 4.25. The zero-order valence-electron chi connectivity index (χ0n) is 19.4. The van der Waals surface area contributed by atoms with E-state index in [1.807, 2.05) is 25.3 Å². The smallest absolute Gasteiger partial charge is 0.127 e. The Morgan fingerprint density at radius 1 is 0.794 bits per heavy atom. The normalized spacial score (nSPS) is 11.1. The maximum atomic E-state index is 13.4. The first-order valence-corrected chi connectivity index (χ1v) is 11.1. The lowest BCUT2D eigenvalue weighted by Gasteiger charge is -2.16. The van der Waals surface area contributed by atoms with Gasteiger partial charge in [-0.05, 0) is 72.1 Å². The predicted molar refractivity (Wildman–Crippen MR) is 134 cm³/mol. The molecule has 5 rings (SSSR count).